The quantitative estimate of drug-likeness (QED) is 0.812. The number of fused-ring (bicyclic) bond motifs is 1. The molecule has 0 aliphatic heterocycles. The third-order valence-electron chi connectivity index (χ3n) is 3.81. The zero-order valence-corrected chi connectivity index (χ0v) is 13.1. The van der Waals surface area contributed by atoms with Crippen LogP contribution in [0.3, 0.4) is 0 Å². The molecule has 0 saturated carbocycles. The van der Waals surface area contributed by atoms with Crippen molar-refractivity contribution in [3.8, 4) is 5.69 Å². The molecule has 0 fully saturated rings. The minimum atomic E-state index is 0.180. The third-order valence-corrected chi connectivity index (χ3v) is 5.02. The average molecular weight is 340 g/mol. The maximum Gasteiger partial charge on any atom is 0.0549 e. The number of aromatic nitrogens is 1. The van der Waals surface area contributed by atoms with Gasteiger partial charge in [0.1, 0.15) is 0 Å². The SMILES string of the molecule is Cc1cc2c(n1-c1ccc(Cl)c(Br)c1)CCCC2N. The van der Waals surface area contributed by atoms with Gasteiger partial charge in [0.2, 0.25) is 0 Å². The Hall–Kier alpha value is -0.770. The molecule has 1 aromatic carbocycles. The molecular weight excluding hydrogens is 324 g/mol. The maximum absolute atomic E-state index is 6.22. The van der Waals surface area contributed by atoms with E-state index in [1.807, 2.05) is 6.07 Å². The summed E-state index contributed by atoms with van der Waals surface area (Å²) in [5.41, 5.74) is 11.2. The fourth-order valence-corrected chi connectivity index (χ4v) is 3.40. The van der Waals surface area contributed by atoms with Gasteiger partial charge in [-0.25, -0.2) is 0 Å². The summed E-state index contributed by atoms with van der Waals surface area (Å²) in [6.45, 7) is 2.13. The molecule has 0 saturated heterocycles. The van der Waals surface area contributed by atoms with E-state index >= 15 is 0 Å². The van der Waals surface area contributed by atoms with Crippen LogP contribution in [0.5, 0.6) is 0 Å². The highest BCUT2D eigenvalue weighted by Gasteiger charge is 2.22. The predicted molar refractivity (Wildman–Crippen MR) is 83.1 cm³/mol. The first-order chi connectivity index (χ1) is 9.08. The number of benzene rings is 1. The normalized spacial score (nSPS) is 18.4. The highest BCUT2D eigenvalue weighted by Crippen LogP contribution is 2.34. The van der Waals surface area contributed by atoms with Crippen molar-refractivity contribution in [3.05, 3.63) is 50.7 Å². The zero-order valence-electron chi connectivity index (χ0n) is 10.8. The molecule has 1 aliphatic rings. The van der Waals surface area contributed by atoms with E-state index in [2.05, 4.69) is 45.6 Å². The third kappa shape index (κ3) is 2.24. The Kier molecular flexibility index (Phi) is 3.46. The summed E-state index contributed by atoms with van der Waals surface area (Å²) in [7, 11) is 0. The minimum Gasteiger partial charge on any atom is -0.324 e. The molecule has 1 unspecified atom stereocenters. The molecule has 100 valence electrons. The fraction of sp³-hybridized carbons (Fsp3) is 0.333. The number of rotatable bonds is 1. The molecule has 1 aromatic heterocycles. The molecule has 2 aromatic rings. The Morgan fingerprint density at radius 2 is 2.16 bits per heavy atom. The summed E-state index contributed by atoms with van der Waals surface area (Å²) in [4.78, 5) is 0. The van der Waals surface area contributed by atoms with E-state index < -0.39 is 0 Å². The van der Waals surface area contributed by atoms with Crippen molar-refractivity contribution in [1.29, 1.82) is 0 Å². The van der Waals surface area contributed by atoms with Gasteiger partial charge in [-0.3, -0.25) is 0 Å². The highest BCUT2D eigenvalue weighted by atomic mass is 79.9. The van der Waals surface area contributed by atoms with Crippen LogP contribution in [0.25, 0.3) is 5.69 Å². The van der Waals surface area contributed by atoms with Crippen LogP contribution in [-0.4, -0.2) is 4.57 Å². The number of nitrogens with two attached hydrogens (primary N) is 1. The van der Waals surface area contributed by atoms with Crippen molar-refractivity contribution >= 4 is 27.5 Å². The topological polar surface area (TPSA) is 30.9 Å². The van der Waals surface area contributed by atoms with E-state index in [0.717, 1.165) is 34.4 Å². The largest absolute Gasteiger partial charge is 0.324 e. The summed E-state index contributed by atoms with van der Waals surface area (Å²) < 4.78 is 3.23. The Morgan fingerprint density at radius 1 is 1.37 bits per heavy atom. The Labute approximate surface area is 126 Å². The first-order valence-electron chi connectivity index (χ1n) is 6.50. The molecule has 0 spiro atoms. The standard InChI is InChI=1S/C15H16BrClN2/c1-9-7-11-14(18)3-2-4-15(11)19(9)10-5-6-13(17)12(16)8-10/h5-8,14H,2-4,18H2,1H3. The zero-order chi connectivity index (χ0) is 13.6. The number of hydrogen-bond donors (Lipinski definition) is 1. The molecule has 4 heteroatoms. The van der Waals surface area contributed by atoms with Crippen LogP contribution >= 0.6 is 27.5 Å². The second-order valence-corrected chi connectivity index (χ2v) is 6.38. The number of aryl methyl sites for hydroxylation is 1. The van der Waals surface area contributed by atoms with Crippen LogP contribution in [0.15, 0.2) is 28.7 Å². The molecule has 2 N–H and O–H groups in total. The van der Waals surface area contributed by atoms with Gasteiger partial charge in [0.05, 0.1) is 5.02 Å². The first kappa shape index (κ1) is 13.2. The first-order valence-corrected chi connectivity index (χ1v) is 7.67. The van der Waals surface area contributed by atoms with Gasteiger partial charge in [-0.15, -0.1) is 0 Å². The lowest BCUT2D eigenvalue weighted by Gasteiger charge is -2.21. The molecule has 1 heterocycles. The monoisotopic (exact) mass is 338 g/mol. The van der Waals surface area contributed by atoms with Gasteiger partial charge in [0, 0.05) is 27.6 Å². The average Bonchev–Trinajstić information content (AvgIpc) is 2.71. The number of nitrogens with zero attached hydrogens (tertiary/aromatic N) is 1. The number of halogens is 2. The van der Waals surface area contributed by atoms with E-state index in [1.165, 1.54) is 17.0 Å². The lowest BCUT2D eigenvalue weighted by atomic mass is 9.93. The molecule has 19 heavy (non-hydrogen) atoms. The molecule has 0 radical (unpaired) electrons. The van der Waals surface area contributed by atoms with Gasteiger partial charge in [-0.1, -0.05) is 11.6 Å². The van der Waals surface area contributed by atoms with E-state index in [0.29, 0.717) is 0 Å². The van der Waals surface area contributed by atoms with Gasteiger partial charge in [-0.05, 0) is 71.9 Å². The predicted octanol–water partition coefficient (Wildman–Crippen LogP) is 4.54. The van der Waals surface area contributed by atoms with Crippen molar-refractivity contribution in [2.24, 2.45) is 5.73 Å². The maximum atomic E-state index is 6.22. The smallest absolute Gasteiger partial charge is 0.0549 e. The molecular formula is C15H16BrClN2. The van der Waals surface area contributed by atoms with Crippen LogP contribution < -0.4 is 5.73 Å². The van der Waals surface area contributed by atoms with Crippen LogP contribution in [0.4, 0.5) is 0 Å². The molecule has 0 amide bonds. The van der Waals surface area contributed by atoms with Crippen molar-refractivity contribution in [2.45, 2.75) is 32.2 Å². The Balaban J connectivity index is 2.17. The summed E-state index contributed by atoms with van der Waals surface area (Å²) in [5.74, 6) is 0. The second kappa shape index (κ2) is 4.97. The minimum absolute atomic E-state index is 0.180. The van der Waals surface area contributed by atoms with E-state index in [4.69, 9.17) is 17.3 Å². The summed E-state index contributed by atoms with van der Waals surface area (Å²) in [6.07, 6.45) is 3.34. The lowest BCUT2D eigenvalue weighted by molar-refractivity contribution is 0.560. The lowest BCUT2D eigenvalue weighted by Crippen LogP contribution is -2.17. The summed E-state index contributed by atoms with van der Waals surface area (Å²) in [5, 5.41) is 0.735. The van der Waals surface area contributed by atoms with Crippen molar-refractivity contribution in [1.82, 2.24) is 4.57 Å². The molecule has 2 nitrogen and oxygen atoms in total. The summed E-state index contributed by atoms with van der Waals surface area (Å²) >= 11 is 9.57. The molecule has 3 rings (SSSR count). The second-order valence-electron chi connectivity index (χ2n) is 5.12. The van der Waals surface area contributed by atoms with Crippen LogP contribution in [0, 0.1) is 6.92 Å². The summed E-state index contributed by atoms with van der Waals surface area (Å²) in [6, 6.07) is 8.45. The van der Waals surface area contributed by atoms with Gasteiger partial charge in [-0.2, -0.15) is 0 Å². The molecule has 0 bridgehead atoms. The van der Waals surface area contributed by atoms with Gasteiger partial charge in [0.25, 0.3) is 0 Å². The van der Waals surface area contributed by atoms with E-state index in [-0.39, 0.29) is 6.04 Å². The number of hydrogen-bond acceptors (Lipinski definition) is 1. The van der Waals surface area contributed by atoms with E-state index in [9.17, 15) is 0 Å². The van der Waals surface area contributed by atoms with Crippen molar-refractivity contribution < 1.29 is 0 Å². The highest BCUT2D eigenvalue weighted by molar-refractivity contribution is 9.10. The van der Waals surface area contributed by atoms with Gasteiger partial charge in [0.15, 0.2) is 0 Å². The van der Waals surface area contributed by atoms with Crippen LogP contribution in [0.1, 0.15) is 35.8 Å². The van der Waals surface area contributed by atoms with Crippen LogP contribution in [-0.2, 0) is 6.42 Å². The molecule has 1 atom stereocenters. The van der Waals surface area contributed by atoms with Crippen molar-refractivity contribution in [2.75, 3.05) is 0 Å². The van der Waals surface area contributed by atoms with Gasteiger partial charge < -0.3 is 10.3 Å². The Bertz CT molecular complexity index is 633. The van der Waals surface area contributed by atoms with E-state index in [1.54, 1.807) is 0 Å². The van der Waals surface area contributed by atoms with Gasteiger partial charge >= 0.3 is 0 Å². The van der Waals surface area contributed by atoms with Crippen molar-refractivity contribution in [3.63, 3.8) is 0 Å². The molecule has 1 aliphatic carbocycles. The Morgan fingerprint density at radius 3 is 2.89 bits per heavy atom. The van der Waals surface area contributed by atoms with Crippen LogP contribution in [0.2, 0.25) is 5.02 Å². The fourth-order valence-electron chi connectivity index (χ4n) is 2.92.